The van der Waals surface area contributed by atoms with Crippen molar-refractivity contribution in [2.75, 3.05) is 52.6 Å². The summed E-state index contributed by atoms with van der Waals surface area (Å²) in [5, 5.41) is 1.22. The number of likely N-dealkylation sites (N-methyl/N-ethyl adjacent to an activating group) is 2. The first-order chi connectivity index (χ1) is 62.6. The Morgan fingerprint density at radius 2 is 0.531 bits per heavy atom. The van der Waals surface area contributed by atoms with Gasteiger partial charge < -0.3 is 75.5 Å². The molecule has 24 heteroatoms. The van der Waals surface area contributed by atoms with Gasteiger partial charge in [0.15, 0.2) is 12.1 Å². The van der Waals surface area contributed by atoms with Crippen LogP contribution in [-0.4, -0.2) is 132 Å². The van der Waals surface area contributed by atoms with Crippen LogP contribution >= 0.6 is 0 Å². The van der Waals surface area contributed by atoms with Crippen molar-refractivity contribution >= 4 is 78.5 Å². The summed E-state index contributed by atoms with van der Waals surface area (Å²) in [5.41, 5.74) is 3.78. The Morgan fingerprint density at radius 1 is 0.297 bits per heavy atom. The molecule has 0 bridgehead atoms. The van der Waals surface area contributed by atoms with Crippen LogP contribution in [0.2, 0.25) is 0 Å². The SMILES string of the molecule is CCN(CC)C(=O)C(c1ccco1)N1C(=O)c2cc(Oc3ccc(Oc4cccc(CC5CO5)c4)cc3)c3c4c(Oc5ccc(Oc6cccc(CC7CO7)c6)cc5)cc5c6c(cc(Oc7ccc(Oc8cccc(CC9CO9)c8)cc7)c(c7c(Oc8ccc(Oc9cccc(CC%10CO%10)c9)cc8)cc(c2c37)C1=O)c64)C(=O)N(C(C(=O)N(CC)CC)c1ccco1)C5=O. The highest BCUT2D eigenvalue weighted by Gasteiger charge is 2.49. The van der Waals surface area contributed by atoms with E-state index in [1.54, 1.807) is 149 Å². The number of amides is 6. The van der Waals surface area contributed by atoms with E-state index < -0.39 is 47.5 Å². The minimum atomic E-state index is -1.66. The number of fused-ring (bicyclic) bond motifs is 2. The van der Waals surface area contributed by atoms with Crippen LogP contribution < -0.4 is 37.9 Å². The molecular formula is C104H84N4O20. The summed E-state index contributed by atoms with van der Waals surface area (Å²) >= 11 is 0. The average molecular weight is 1710 g/mol. The molecule has 6 aliphatic rings. The molecule has 13 aromatic carbocycles. The molecule has 21 rings (SSSR count). The highest BCUT2D eigenvalue weighted by Crippen LogP contribution is 2.59. The number of hydrogen-bond acceptors (Lipinski definition) is 20. The van der Waals surface area contributed by atoms with E-state index in [0.717, 1.165) is 57.7 Å². The van der Waals surface area contributed by atoms with Crippen molar-refractivity contribution < 1.29 is 94.4 Å². The number of furan rings is 2. The maximum atomic E-state index is 16.8. The van der Waals surface area contributed by atoms with Crippen LogP contribution in [0.5, 0.6) is 92.0 Å². The van der Waals surface area contributed by atoms with Crippen molar-refractivity contribution in [1.29, 1.82) is 0 Å². The second-order valence-corrected chi connectivity index (χ2v) is 32.4. The van der Waals surface area contributed by atoms with Gasteiger partial charge in [0.1, 0.15) is 104 Å². The van der Waals surface area contributed by atoms with Crippen molar-refractivity contribution in [3.05, 3.63) is 311 Å². The van der Waals surface area contributed by atoms with Crippen molar-refractivity contribution in [3.8, 4) is 92.0 Å². The van der Waals surface area contributed by atoms with E-state index >= 15 is 28.8 Å². The summed E-state index contributed by atoms with van der Waals surface area (Å²) in [6.45, 7) is 10.8. The van der Waals surface area contributed by atoms with Gasteiger partial charge in [0, 0.05) is 95.0 Å². The van der Waals surface area contributed by atoms with Gasteiger partial charge in [-0.05, 0) is 244 Å². The van der Waals surface area contributed by atoms with Crippen molar-refractivity contribution in [3.63, 3.8) is 0 Å². The molecule has 8 heterocycles. The standard InChI is InChI=1S/C104H84N4O20/c1-5-105(6-2)103(113)97(83-23-13-41-115-83)107-99(109)79-51-85(125-67-33-25-63(26-34-67)121-71-19-9-15-59(43-71)47-75-55-117-75)91-93-87(127-69-37-29-65(30-38-69)123-73-21-11-17-61(45-73)49-77-57-119-77)53-81-90-82(102(112)108(101(81)111)98(84-24-14-42-116-84)104(114)106(7-3)8-4)54-88(128-70-39-31-66(32-40-70)124-74-22-12-18-62(46-74)50-78-58-120-78)94(96(90)93)92-86(52-80(100(107)110)89(79)95(91)92)126-68-35-27-64(28-36-68)122-72-20-10-16-60(44-72)48-76-56-118-76/h9-46,51-54,75-78,97-98H,5-8,47-50,55-58H2,1-4H3. The largest absolute Gasteiger partial charge is 0.467 e. The lowest BCUT2D eigenvalue weighted by Crippen LogP contribution is -2.49. The Hall–Kier alpha value is -14.8. The molecule has 15 aromatic rings. The van der Waals surface area contributed by atoms with Crippen LogP contribution in [0.4, 0.5) is 0 Å². The van der Waals surface area contributed by atoms with E-state index in [-0.39, 0.29) is 173 Å². The molecular weight excluding hydrogens is 1630 g/mol. The molecule has 0 N–H and O–H groups in total. The van der Waals surface area contributed by atoms with Crippen LogP contribution in [0.1, 0.15) is 115 Å². The third-order valence-corrected chi connectivity index (χ3v) is 23.9. The molecule has 0 spiro atoms. The molecule has 6 atom stereocenters. The molecule has 2 aromatic heterocycles. The molecule has 0 saturated carbocycles. The summed E-state index contributed by atoms with van der Waals surface area (Å²) < 4.78 is 90.4. The topological polar surface area (TPSA) is 266 Å². The number of benzene rings is 13. The second-order valence-electron chi connectivity index (χ2n) is 32.4. The zero-order valence-corrected chi connectivity index (χ0v) is 70.2. The predicted octanol–water partition coefficient (Wildman–Crippen LogP) is 21.4. The van der Waals surface area contributed by atoms with E-state index in [1.165, 1.54) is 46.6 Å². The smallest absolute Gasteiger partial charge is 0.262 e. The van der Waals surface area contributed by atoms with E-state index in [0.29, 0.717) is 72.4 Å². The molecule has 0 radical (unpaired) electrons. The molecule has 6 unspecified atom stereocenters. The van der Waals surface area contributed by atoms with E-state index in [9.17, 15) is 0 Å². The summed E-state index contributed by atoms with van der Waals surface area (Å²) in [5.74, 6) is 0.163. The lowest BCUT2D eigenvalue weighted by Gasteiger charge is -2.36. The lowest BCUT2D eigenvalue weighted by atomic mass is 9.80. The number of ether oxygens (including phenoxy) is 12. The van der Waals surface area contributed by atoms with Crippen LogP contribution in [0.15, 0.2) is 264 Å². The maximum absolute atomic E-state index is 16.8. The minimum Gasteiger partial charge on any atom is -0.467 e. The predicted molar refractivity (Wildman–Crippen MR) is 473 cm³/mol. The molecule has 6 amide bonds. The zero-order chi connectivity index (χ0) is 87.0. The molecule has 4 fully saturated rings. The highest BCUT2D eigenvalue weighted by atomic mass is 16.6. The van der Waals surface area contributed by atoms with Crippen LogP contribution in [0.25, 0.3) is 43.1 Å². The van der Waals surface area contributed by atoms with Gasteiger partial charge in [-0.25, -0.2) is 0 Å². The van der Waals surface area contributed by atoms with E-state index in [1.807, 2.05) is 97.1 Å². The number of hydrogen-bond donors (Lipinski definition) is 0. The molecule has 0 aliphatic carbocycles. The Morgan fingerprint density at radius 3 is 0.742 bits per heavy atom. The number of rotatable bonds is 34. The second kappa shape index (κ2) is 33.6. The summed E-state index contributed by atoms with van der Waals surface area (Å²) in [6.07, 6.45) is 6.20. The van der Waals surface area contributed by atoms with Gasteiger partial charge in [0.2, 0.25) is 0 Å². The Labute approximate surface area is 734 Å². The molecule has 640 valence electrons. The monoisotopic (exact) mass is 1710 g/mol. The fraction of sp³-hybridized carbons (Fsp3) is 0.212. The van der Waals surface area contributed by atoms with Gasteiger partial charge in [0.05, 0.1) is 85.6 Å². The molecule has 24 nitrogen and oxygen atoms in total. The quantitative estimate of drug-likeness (QED) is 0.0157. The number of carbonyl (C=O) groups excluding carboxylic acids is 6. The van der Waals surface area contributed by atoms with Gasteiger partial charge in [-0.3, -0.25) is 38.6 Å². The van der Waals surface area contributed by atoms with Crippen LogP contribution in [-0.2, 0) is 54.2 Å². The van der Waals surface area contributed by atoms with Gasteiger partial charge in [-0.15, -0.1) is 0 Å². The van der Waals surface area contributed by atoms with Crippen molar-refractivity contribution in [1.82, 2.24) is 19.6 Å². The fourth-order valence-electron chi connectivity index (χ4n) is 17.5. The van der Waals surface area contributed by atoms with Crippen LogP contribution in [0.3, 0.4) is 0 Å². The zero-order valence-electron chi connectivity index (χ0n) is 70.2. The summed E-state index contributed by atoms with van der Waals surface area (Å²) in [6, 6.07) is 67.8. The normalized spacial score (nSPS) is 16.9. The summed E-state index contributed by atoms with van der Waals surface area (Å²) in [4.78, 5) is 103. The minimum absolute atomic E-state index is 0.0109. The van der Waals surface area contributed by atoms with Gasteiger partial charge in [-0.1, -0.05) is 48.5 Å². The molecule has 4 saturated heterocycles. The van der Waals surface area contributed by atoms with E-state index in [2.05, 4.69) is 0 Å². The number of epoxide rings is 4. The first-order valence-corrected chi connectivity index (χ1v) is 43.0. The highest BCUT2D eigenvalue weighted by molar-refractivity contribution is 6.45. The number of nitrogens with zero attached hydrogens (tertiary/aromatic N) is 4. The first-order valence-electron chi connectivity index (χ1n) is 43.0. The van der Waals surface area contributed by atoms with Crippen molar-refractivity contribution in [2.24, 2.45) is 0 Å². The maximum Gasteiger partial charge on any atom is 0.262 e. The average Bonchev–Trinajstić information content (AvgIpc) is 0.978. The fourth-order valence-corrected chi connectivity index (χ4v) is 17.5. The van der Waals surface area contributed by atoms with Gasteiger partial charge in [0.25, 0.3) is 35.4 Å². The number of carbonyl (C=O) groups is 6. The molecule has 6 aliphatic heterocycles. The number of imide groups is 2. The van der Waals surface area contributed by atoms with Crippen molar-refractivity contribution in [2.45, 2.75) is 89.9 Å². The summed E-state index contributed by atoms with van der Waals surface area (Å²) in [7, 11) is 0. The van der Waals surface area contributed by atoms with Gasteiger partial charge >= 0.3 is 0 Å². The third kappa shape index (κ3) is 15.9. The Kier molecular flexibility index (Phi) is 21.1. The first kappa shape index (κ1) is 80.3. The molecule has 128 heavy (non-hydrogen) atoms. The van der Waals surface area contributed by atoms with E-state index in [4.69, 9.17) is 65.7 Å². The Balaban J connectivity index is 0.832. The lowest BCUT2D eigenvalue weighted by molar-refractivity contribution is -0.136. The Bertz CT molecular complexity index is 6090. The third-order valence-electron chi connectivity index (χ3n) is 23.9. The van der Waals surface area contributed by atoms with Crippen LogP contribution in [0, 0.1) is 0 Å². The van der Waals surface area contributed by atoms with Gasteiger partial charge in [-0.2, -0.15) is 0 Å².